The molecule has 0 radical (unpaired) electrons. The van der Waals surface area contributed by atoms with Crippen molar-refractivity contribution in [3.05, 3.63) is 30.2 Å². The van der Waals surface area contributed by atoms with Gasteiger partial charge in [-0.15, -0.1) is 0 Å². The Hall–Kier alpha value is -2.70. The predicted molar refractivity (Wildman–Crippen MR) is 105 cm³/mol. The van der Waals surface area contributed by atoms with Crippen LogP contribution in [-0.2, 0) is 20.8 Å². The Kier molecular flexibility index (Phi) is 6.79. The molecule has 1 aliphatic rings. The quantitative estimate of drug-likeness (QED) is 0.727. The number of nitrogens with zero attached hydrogens (tertiary/aromatic N) is 1. The van der Waals surface area contributed by atoms with Crippen molar-refractivity contribution in [3.8, 4) is 0 Å². The highest BCUT2D eigenvalue weighted by Gasteiger charge is 2.25. The van der Waals surface area contributed by atoms with Gasteiger partial charge in [0.05, 0.1) is 13.0 Å². The minimum absolute atomic E-state index is 0.0163. The van der Waals surface area contributed by atoms with Gasteiger partial charge >= 0.3 is 0 Å². The summed E-state index contributed by atoms with van der Waals surface area (Å²) in [6, 6.07) is 6.70. The van der Waals surface area contributed by atoms with Crippen LogP contribution in [0.25, 0.3) is 11.1 Å². The fourth-order valence-corrected chi connectivity index (χ4v) is 3.77. The highest BCUT2D eigenvalue weighted by molar-refractivity contribution is 5.91. The summed E-state index contributed by atoms with van der Waals surface area (Å²) in [6.45, 7) is 1.29. The van der Waals surface area contributed by atoms with Gasteiger partial charge < -0.3 is 15.1 Å². The number of benzene rings is 1. The maximum atomic E-state index is 12.5. The molecule has 0 aliphatic heterocycles. The van der Waals surface area contributed by atoms with Gasteiger partial charge in [-0.2, -0.15) is 0 Å². The Morgan fingerprint density at radius 1 is 1.18 bits per heavy atom. The van der Waals surface area contributed by atoms with Crippen molar-refractivity contribution in [1.82, 2.24) is 15.6 Å². The maximum Gasteiger partial charge on any atom is 0.242 e. The summed E-state index contributed by atoms with van der Waals surface area (Å²) >= 11 is 0. The van der Waals surface area contributed by atoms with Crippen LogP contribution in [0.1, 0.15) is 51.3 Å². The normalized spacial score (nSPS) is 15.9. The fraction of sp³-hybridized carbons (Fsp3) is 0.524. The first kappa shape index (κ1) is 20.0. The highest BCUT2D eigenvalue weighted by atomic mass is 16.3. The number of aromatic nitrogens is 1. The maximum absolute atomic E-state index is 12.5. The number of fused-ring (bicyclic) bond motifs is 1. The van der Waals surface area contributed by atoms with Crippen LogP contribution >= 0.6 is 0 Å². The lowest BCUT2D eigenvalue weighted by Crippen LogP contribution is -2.48. The molecule has 0 unspecified atom stereocenters. The van der Waals surface area contributed by atoms with Crippen molar-refractivity contribution < 1.29 is 18.8 Å². The molecule has 1 aromatic heterocycles. The van der Waals surface area contributed by atoms with Gasteiger partial charge in [0.25, 0.3) is 0 Å². The Bertz CT molecular complexity index is 806. The summed E-state index contributed by atoms with van der Waals surface area (Å²) < 4.78 is 5.54. The standard InChI is InChI=1S/C21H27N3O4/c1-14(25)23-18(11-15-7-3-2-4-8-15)21(27)22-13-16(26)12-20-24-17-9-5-6-10-19(17)28-20/h5-6,9-10,15,18H,2-4,7-8,11-13H2,1H3,(H,22,27)(H,23,25)/t18-/m0/s1. The van der Waals surface area contributed by atoms with Crippen molar-refractivity contribution in [2.45, 2.75) is 57.9 Å². The van der Waals surface area contributed by atoms with Gasteiger partial charge in [0, 0.05) is 6.92 Å². The number of Topliss-reactive ketones (excluding diaryl/α,β-unsaturated/α-hetero) is 1. The van der Waals surface area contributed by atoms with Gasteiger partial charge in [-0.25, -0.2) is 4.98 Å². The van der Waals surface area contributed by atoms with E-state index < -0.39 is 6.04 Å². The summed E-state index contributed by atoms with van der Waals surface area (Å²) in [7, 11) is 0. The first-order valence-electron chi connectivity index (χ1n) is 9.92. The van der Waals surface area contributed by atoms with E-state index in [1.165, 1.54) is 26.2 Å². The number of ketones is 1. The molecule has 2 N–H and O–H groups in total. The van der Waals surface area contributed by atoms with Gasteiger partial charge in [-0.3, -0.25) is 14.4 Å². The van der Waals surface area contributed by atoms with E-state index in [4.69, 9.17) is 4.42 Å². The monoisotopic (exact) mass is 385 g/mol. The summed E-state index contributed by atoms with van der Waals surface area (Å²) in [5.41, 5.74) is 1.33. The smallest absolute Gasteiger partial charge is 0.242 e. The molecule has 150 valence electrons. The molecular weight excluding hydrogens is 358 g/mol. The van der Waals surface area contributed by atoms with Crippen molar-refractivity contribution in [2.75, 3.05) is 6.54 Å². The minimum Gasteiger partial charge on any atom is -0.440 e. The highest BCUT2D eigenvalue weighted by Crippen LogP contribution is 2.27. The van der Waals surface area contributed by atoms with Gasteiger partial charge in [0.15, 0.2) is 11.4 Å². The summed E-state index contributed by atoms with van der Waals surface area (Å²) in [6.07, 6.45) is 6.37. The van der Waals surface area contributed by atoms with Crippen LogP contribution in [0.3, 0.4) is 0 Å². The van der Waals surface area contributed by atoms with Crippen molar-refractivity contribution in [2.24, 2.45) is 5.92 Å². The fourth-order valence-electron chi connectivity index (χ4n) is 3.77. The number of amides is 2. The third-order valence-corrected chi connectivity index (χ3v) is 5.13. The molecular formula is C21H27N3O4. The van der Waals surface area contributed by atoms with E-state index in [9.17, 15) is 14.4 Å². The Morgan fingerprint density at radius 2 is 1.93 bits per heavy atom. The largest absolute Gasteiger partial charge is 0.440 e. The van der Waals surface area contributed by atoms with Crippen LogP contribution in [0.2, 0.25) is 0 Å². The van der Waals surface area contributed by atoms with Crippen molar-refractivity contribution in [3.63, 3.8) is 0 Å². The SMILES string of the molecule is CC(=O)N[C@@H](CC1CCCCC1)C(=O)NCC(=O)Cc1nc2ccccc2o1. The zero-order chi connectivity index (χ0) is 19.9. The molecule has 1 heterocycles. The Morgan fingerprint density at radius 3 is 2.64 bits per heavy atom. The topological polar surface area (TPSA) is 101 Å². The number of hydrogen-bond acceptors (Lipinski definition) is 5. The second kappa shape index (κ2) is 9.48. The van der Waals surface area contributed by atoms with Crippen molar-refractivity contribution >= 4 is 28.7 Å². The molecule has 0 bridgehead atoms. The molecule has 2 aromatic rings. The third kappa shape index (κ3) is 5.65. The van der Waals surface area contributed by atoms with E-state index in [-0.39, 0.29) is 30.6 Å². The van der Waals surface area contributed by atoms with E-state index in [0.29, 0.717) is 29.3 Å². The zero-order valence-electron chi connectivity index (χ0n) is 16.2. The number of carbonyl (C=O) groups is 3. The zero-order valence-corrected chi connectivity index (χ0v) is 16.2. The Balaban J connectivity index is 1.51. The van der Waals surface area contributed by atoms with E-state index in [2.05, 4.69) is 15.6 Å². The second-order valence-electron chi connectivity index (χ2n) is 7.50. The average molecular weight is 385 g/mol. The summed E-state index contributed by atoms with van der Waals surface area (Å²) in [5, 5.41) is 5.38. The molecule has 1 atom stereocenters. The average Bonchev–Trinajstić information content (AvgIpc) is 3.08. The molecule has 0 saturated heterocycles. The number of carbonyl (C=O) groups excluding carboxylic acids is 3. The van der Waals surface area contributed by atoms with Crippen LogP contribution in [0.4, 0.5) is 0 Å². The van der Waals surface area contributed by atoms with Crippen LogP contribution in [0.5, 0.6) is 0 Å². The summed E-state index contributed by atoms with van der Waals surface area (Å²) in [4.78, 5) is 40.5. The first-order valence-corrected chi connectivity index (χ1v) is 9.92. The molecule has 0 spiro atoms. The lowest BCUT2D eigenvalue weighted by atomic mass is 9.84. The second-order valence-corrected chi connectivity index (χ2v) is 7.50. The number of para-hydroxylation sites is 2. The number of oxazole rings is 1. The van der Waals surface area contributed by atoms with E-state index in [0.717, 1.165) is 12.8 Å². The van der Waals surface area contributed by atoms with Crippen LogP contribution < -0.4 is 10.6 Å². The number of rotatable bonds is 8. The first-order chi connectivity index (χ1) is 13.5. The molecule has 1 saturated carbocycles. The predicted octanol–water partition coefficient (Wildman–Crippen LogP) is 2.53. The molecule has 7 heteroatoms. The molecule has 1 aliphatic carbocycles. The minimum atomic E-state index is -0.599. The van der Waals surface area contributed by atoms with Crippen LogP contribution in [-0.4, -0.2) is 35.2 Å². The van der Waals surface area contributed by atoms with E-state index in [1.54, 1.807) is 6.07 Å². The summed E-state index contributed by atoms with van der Waals surface area (Å²) in [5.74, 6) is 0.0208. The van der Waals surface area contributed by atoms with Crippen LogP contribution in [0, 0.1) is 5.92 Å². The van der Waals surface area contributed by atoms with E-state index in [1.807, 2.05) is 18.2 Å². The third-order valence-electron chi connectivity index (χ3n) is 5.13. The molecule has 3 rings (SSSR count). The van der Waals surface area contributed by atoms with Crippen molar-refractivity contribution in [1.29, 1.82) is 0 Å². The molecule has 7 nitrogen and oxygen atoms in total. The van der Waals surface area contributed by atoms with Gasteiger partial charge in [-0.1, -0.05) is 44.2 Å². The number of hydrogen-bond donors (Lipinski definition) is 2. The molecule has 2 amide bonds. The number of nitrogens with one attached hydrogen (secondary N) is 2. The van der Waals surface area contributed by atoms with Gasteiger partial charge in [-0.05, 0) is 24.5 Å². The Labute approximate surface area is 164 Å². The van der Waals surface area contributed by atoms with E-state index >= 15 is 0 Å². The van der Waals surface area contributed by atoms with Gasteiger partial charge in [0.1, 0.15) is 11.6 Å². The van der Waals surface area contributed by atoms with Crippen LogP contribution in [0.15, 0.2) is 28.7 Å². The molecule has 1 aromatic carbocycles. The lowest BCUT2D eigenvalue weighted by Gasteiger charge is -2.26. The van der Waals surface area contributed by atoms with Gasteiger partial charge in [0.2, 0.25) is 17.7 Å². The molecule has 28 heavy (non-hydrogen) atoms. The molecule has 1 fully saturated rings. The lowest BCUT2D eigenvalue weighted by molar-refractivity contribution is -0.129.